The van der Waals surface area contributed by atoms with Crippen LogP contribution >= 0.6 is 11.8 Å². The number of nitrogens with one attached hydrogen (secondary N) is 2. The van der Waals surface area contributed by atoms with Crippen molar-refractivity contribution in [3.8, 4) is 0 Å². The quantitative estimate of drug-likeness (QED) is 0.446. The molecular formula is C21H22F2N2O5S. The van der Waals surface area contributed by atoms with Crippen LogP contribution in [0.25, 0.3) is 0 Å². The number of amides is 2. The van der Waals surface area contributed by atoms with E-state index in [4.69, 9.17) is 9.47 Å². The molecule has 0 aliphatic carbocycles. The molecule has 0 unspecified atom stereocenters. The molecule has 0 aromatic heterocycles. The molecule has 2 amide bonds. The van der Waals surface area contributed by atoms with Gasteiger partial charge in [-0.3, -0.25) is 10.1 Å². The van der Waals surface area contributed by atoms with Crippen LogP contribution in [0.1, 0.15) is 31.1 Å². The third kappa shape index (κ3) is 9.04. The summed E-state index contributed by atoms with van der Waals surface area (Å²) in [5, 5.41) is 5.01. The molecule has 0 aliphatic rings. The van der Waals surface area contributed by atoms with E-state index < -0.39 is 35.9 Å². The lowest BCUT2D eigenvalue weighted by Gasteiger charge is -2.19. The van der Waals surface area contributed by atoms with Gasteiger partial charge in [-0.1, -0.05) is 17.8 Å². The molecule has 2 rings (SSSR count). The van der Waals surface area contributed by atoms with Crippen molar-refractivity contribution in [1.29, 1.82) is 0 Å². The summed E-state index contributed by atoms with van der Waals surface area (Å²) < 4.78 is 34.8. The number of anilines is 2. The summed E-state index contributed by atoms with van der Waals surface area (Å²) in [4.78, 5) is 36.4. The summed E-state index contributed by atoms with van der Waals surface area (Å²) in [5.74, 6) is -3.88. The van der Waals surface area contributed by atoms with E-state index >= 15 is 0 Å². The van der Waals surface area contributed by atoms with Crippen LogP contribution in [0.5, 0.6) is 0 Å². The monoisotopic (exact) mass is 452 g/mol. The molecule has 0 heterocycles. The van der Waals surface area contributed by atoms with E-state index in [1.807, 2.05) is 0 Å². The van der Waals surface area contributed by atoms with Gasteiger partial charge in [-0.15, -0.1) is 0 Å². The largest absolute Gasteiger partial charge is 0.452 e. The maximum absolute atomic E-state index is 12.3. The second-order valence-corrected chi connectivity index (χ2v) is 8.30. The lowest BCUT2D eigenvalue weighted by molar-refractivity contribution is -0.119. The predicted molar refractivity (Wildman–Crippen MR) is 114 cm³/mol. The molecule has 0 saturated carbocycles. The minimum Gasteiger partial charge on any atom is -0.452 e. The van der Waals surface area contributed by atoms with Gasteiger partial charge in [0.2, 0.25) is 0 Å². The van der Waals surface area contributed by atoms with Crippen LogP contribution in [0.2, 0.25) is 0 Å². The van der Waals surface area contributed by atoms with Crippen molar-refractivity contribution in [2.45, 2.75) is 37.0 Å². The van der Waals surface area contributed by atoms with Gasteiger partial charge >= 0.3 is 12.1 Å². The molecule has 0 spiro atoms. The van der Waals surface area contributed by atoms with Crippen molar-refractivity contribution < 1.29 is 32.6 Å². The Morgan fingerprint density at radius 1 is 1.00 bits per heavy atom. The minimum atomic E-state index is -2.53. The van der Waals surface area contributed by atoms with E-state index in [-0.39, 0.29) is 5.56 Å². The number of alkyl halides is 2. The Morgan fingerprint density at radius 2 is 1.68 bits per heavy atom. The molecule has 0 aliphatic heterocycles. The van der Waals surface area contributed by atoms with Crippen LogP contribution in [0.3, 0.4) is 0 Å². The lowest BCUT2D eigenvalue weighted by Crippen LogP contribution is -2.27. The zero-order valence-electron chi connectivity index (χ0n) is 17.1. The highest BCUT2D eigenvalue weighted by molar-refractivity contribution is 7.99. The number of ether oxygens (including phenoxy) is 2. The number of halogens is 2. The Bertz CT molecular complexity index is 930. The second kappa shape index (κ2) is 10.8. The summed E-state index contributed by atoms with van der Waals surface area (Å²) in [6.07, 6.45) is -0.671. The van der Waals surface area contributed by atoms with E-state index in [0.29, 0.717) is 28.0 Å². The fourth-order valence-electron chi connectivity index (χ4n) is 2.28. The van der Waals surface area contributed by atoms with Crippen molar-refractivity contribution in [2.75, 3.05) is 17.2 Å². The third-order valence-corrected chi connectivity index (χ3v) is 4.16. The van der Waals surface area contributed by atoms with E-state index in [0.717, 1.165) is 0 Å². The van der Waals surface area contributed by atoms with Crippen LogP contribution < -0.4 is 10.6 Å². The van der Waals surface area contributed by atoms with E-state index in [2.05, 4.69) is 10.6 Å². The molecule has 31 heavy (non-hydrogen) atoms. The fourth-order valence-corrected chi connectivity index (χ4v) is 2.78. The SMILES string of the molecule is CC(C)(C)OC(=O)Nc1cccc(C(=O)OCC(=O)Nc2ccc(SC(F)F)cc2)c1. The van der Waals surface area contributed by atoms with Gasteiger partial charge in [0.25, 0.3) is 11.7 Å². The van der Waals surface area contributed by atoms with Gasteiger partial charge in [-0.05, 0) is 63.2 Å². The molecule has 0 fully saturated rings. The first-order valence-electron chi connectivity index (χ1n) is 9.14. The first-order valence-corrected chi connectivity index (χ1v) is 10.0. The summed E-state index contributed by atoms with van der Waals surface area (Å²) >= 11 is 0.396. The van der Waals surface area contributed by atoms with Gasteiger partial charge in [0.1, 0.15) is 5.60 Å². The minimum absolute atomic E-state index is 0.134. The molecule has 0 radical (unpaired) electrons. The first kappa shape index (κ1) is 24.1. The molecule has 0 bridgehead atoms. The van der Waals surface area contributed by atoms with Crippen LogP contribution in [0, 0.1) is 0 Å². The summed E-state index contributed by atoms with van der Waals surface area (Å²) in [6.45, 7) is 4.63. The van der Waals surface area contributed by atoms with Crippen molar-refractivity contribution in [1.82, 2.24) is 0 Å². The van der Waals surface area contributed by atoms with E-state index in [1.54, 1.807) is 32.9 Å². The Kier molecular flexibility index (Phi) is 8.38. The Balaban J connectivity index is 1.86. The van der Waals surface area contributed by atoms with Gasteiger partial charge in [0, 0.05) is 16.3 Å². The molecule has 0 atom stereocenters. The smallest absolute Gasteiger partial charge is 0.412 e. The lowest BCUT2D eigenvalue weighted by atomic mass is 10.2. The molecule has 10 heteroatoms. The van der Waals surface area contributed by atoms with Crippen molar-refractivity contribution in [3.05, 3.63) is 54.1 Å². The van der Waals surface area contributed by atoms with E-state index in [9.17, 15) is 23.2 Å². The Hall–Kier alpha value is -3.14. The maximum Gasteiger partial charge on any atom is 0.412 e. The van der Waals surface area contributed by atoms with E-state index in [1.165, 1.54) is 36.4 Å². The van der Waals surface area contributed by atoms with Gasteiger partial charge in [-0.25, -0.2) is 9.59 Å². The van der Waals surface area contributed by atoms with Crippen LogP contribution in [0.15, 0.2) is 53.4 Å². The van der Waals surface area contributed by atoms with Gasteiger partial charge < -0.3 is 14.8 Å². The summed E-state index contributed by atoms with van der Waals surface area (Å²) in [5.41, 5.74) is 0.170. The molecule has 7 nitrogen and oxygen atoms in total. The van der Waals surface area contributed by atoms with Gasteiger partial charge in [-0.2, -0.15) is 8.78 Å². The topological polar surface area (TPSA) is 93.7 Å². The third-order valence-electron chi connectivity index (χ3n) is 3.44. The highest BCUT2D eigenvalue weighted by atomic mass is 32.2. The van der Waals surface area contributed by atoms with Gasteiger partial charge in [0.05, 0.1) is 5.56 Å². The molecule has 2 aromatic carbocycles. The molecule has 166 valence electrons. The maximum atomic E-state index is 12.3. The number of thioether (sulfide) groups is 1. The zero-order valence-corrected chi connectivity index (χ0v) is 17.9. The predicted octanol–water partition coefficient (Wildman–Crippen LogP) is 5.14. The molecule has 0 saturated heterocycles. The Labute approximate surface area is 182 Å². The van der Waals surface area contributed by atoms with Crippen LogP contribution in [0.4, 0.5) is 25.0 Å². The fraction of sp³-hybridized carbons (Fsp3) is 0.286. The summed E-state index contributed by atoms with van der Waals surface area (Å²) in [7, 11) is 0. The number of carbonyl (C=O) groups excluding carboxylic acids is 3. The first-order chi connectivity index (χ1) is 14.5. The summed E-state index contributed by atoms with van der Waals surface area (Å²) in [6, 6.07) is 11.8. The number of rotatable bonds is 7. The second-order valence-electron chi connectivity index (χ2n) is 7.23. The van der Waals surface area contributed by atoms with Crippen LogP contribution in [-0.2, 0) is 14.3 Å². The highest BCUT2D eigenvalue weighted by Crippen LogP contribution is 2.26. The normalized spacial score (nSPS) is 11.0. The highest BCUT2D eigenvalue weighted by Gasteiger charge is 2.17. The van der Waals surface area contributed by atoms with Crippen molar-refractivity contribution in [2.24, 2.45) is 0 Å². The standard InChI is InChI=1S/C21H22F2N2O5S/c1-21(2,3)30-20(28)25-15-6-4-5-13(11-15)18(27)29-12-17(26)24-14-7-9-16(10-8-14)31-19(22)23/h4-11,19H,12H2,1-3H3,(H,24,26)(H,25,28). The van der Waals surface area contributed by atoms with Gasteiger partial charge in [0.15, 0.2) is 6.61 Å². The average Bonchev–Trinajstić information content (AvgIpc) is 2.66. The number of hydrogen-bond donors (Lipinski definition) is 2. The number of esters is 1. The number of benzene rings is 2. The molecular weight excluding hydrogens is 430 g/mol. The van der Waals surface area contributed by atoms with Crippen molar-refractivity contribution in [3.63, 3.8) is 0 Å². The van der Waals surface area contributed by atoms with Crippen LogP contribution in [-0.4, -0.2) is 35.9 Å². The molecule has 2 N–H and O–H groups in total. The molecule has 2 aromatic rings. The van der Waals surface area contributed by atoms with Crippen molar-refractivity contribution >= 4 is 41.1 Å². The number of hydrogen-bond acceptors (Lipinski definition) is 6. The Morgan fingerprint density at radius 3 is 2.29 bits per heavy atom. The average molecular weight is 452 g/mol. The zero-order chi connectivity index (χ0) is 23.0. The number of carbonyl (C=O) groups is 3.